The van der Waals surface area contributed by atoms with Crippen molar-refractivity contribution < 1.29 is 4.79 Å². The van der Waals surface area contributed by atoms with E-state index in [1.54, 1.807) is 0 Å². The molecule has 4 nitrogen and oxygen atoms in total. The monoisotopic (exact) mass is 273 g/mol. The number of fused-ring (bicyclic) bond motifs is 1. The van der Waals surface area contributed by atoms with Crippen LogP contribution in [0.5, 0.6) is 0 Å². The standard InChI is InChI=1S/C16H23N3O/c1-6-18(7-2)16(20)13-8-9-15-14(10-13)17-12(5)19(15)11(3)4/h8-11H,6-7H2,1-5H3. The first-order chi connectivity index (χ1) is 9.49. The molecule has 0 aliphatic rings. The lowest BCUT2D eigenvalue weighted by Crippen LogP contribution is -2.30. The second-order valence-electron chi connectivity index (χ2n) is 5.30. The van der Waals surface area contributed by atoms with Crippen LogP contribution in [0.2, 0.25) is 0 Å². The van der Waals surface area contributed by atoms with E-state index in [4.69, 9.17) is 0 Å². The zero-order chi connectivity index (χ0) is 14.9. The van der Waals surface area contributed by atoms with E-state index < -0.39 is 0 Å². The smallest absolute Gasteiger partial charge is 0.253 e. The number of amides is 1. The molecule has 0 spiro atoms. The SMILES string of the molecule is CCN(CC)C(=O)c1ccc2c(c1)nc(C)n2C(C)C. The number of aromatic nitrogens is 2. The van der Waals surface area contributed by atoms with Crippen molar-refractivity contribution in [2.45, 2.75) is 40.7 Å². The lowest BCUT2D eigenvalue weighted by molar-refractivity contribution is 0.0773. The summed E-state index contributed by atoms with van der Waals surface area (Å²) >= 11 is 0. The summed E-state index contributed by atoms with van der Waals surface area (Å²) in [5.74, 6) is 1.07. The Kier molecular flexibility index (Phi) is 4.12. The predicted molar refractivity (Wildman–Crippen MR) is 82.1 cm³/mol. The number of nitrogens with zero attached hydrogens (tertiary/aromatic N) is 3. The van der Waals surface area contributed by atoms with Gasteiger partial charge in [-0.15, -0.1) is 0 Å². The molecule has 0 bridgehead atoms. The first-order valence-electron chi connectivity index (χ1n) is 7.27. The van der Waals surface area contributed by atoms with Gasteiger partial charge in [-0.1, -0.05) is 0 Å². The van der Waals surface area contributed by atoms with Gasteiger partial charge in [0, 0.05) is 24.7 Å². The van der Waals surface area contributed by atoms with E-state index in [1.165, 1.54) is 0 Å². The Morgan fingerprint density at radius 3 is 2.50 bits per heavy atom. The lowest BCUT2D eigenvalue weighted by Gasteiger charge is -2.18. The van der Waals surface area contributed by atoms with E-state index in [2.05, 4.69) is 23.4 Å². The molecule has 1 heterocycles. The number of hydrogen-bond donors (Lipinski definition) is 0. The molecule has 0 saturated heterocycles. The normalized spacial score (nSPS) is 11.3. The van der Waals surface area contributed by atoms with Crippen molar-refractivity contribution in [2.24, 2.45) is 0 Å². The summed E-state index contributed by atoms with van der Waals surface area (Å²) in [6, 6.07) is 6.18. The van der Waals surface area contributed by atoms with Crippen LogP contribution in [0.25, 0.3) is 11.0 Å². The summed E-state index contributed by atoms with van der Waals surface area (Å²) in [5.41, 5.74) is 2.71. The van der Waals surface area contributed by atoms with Crippen LogP contribution in [-0.2, 0) is 0 Å². The molecule has 1 aromatic heterocycles. The average molecular weight is 273 g/mol. The van der Waals surface area contributed by atoms with Gasteiger partial charge in [0.1, 0.15) is 5.82 Å². The third-order valence-electron chi connectivity index (χ3n) is 3.68. The van der Waals surface area contributed by atoms with Crippen molar-refractivity contribution in [1.29, 1.82) is 0 Å². The second kappa shape index (κ2) is 5.65. The largest absolute Gasteiger partial charge is 0.339 e. The number of rotatable bonds is 4. The van der Waals surface area contributed by atoms with Crippen LogP contribution < -0.4 is 0 Å². The lowest BCUT2D eigenvalue weighted by atomic mass is 10.1. The number of aryl methyl sites for hydroxylation is 1. The summed E-state index contributed by atoms with van der Waals surface area (Å²) in [4.78, 5) is 18.8. The van der Waals surface area contributed by atoms with Crippen LogP contribution in [0.15, 0.2) is 18.2 Å². The van der Waals surface area contributed by atoms with Crippen molar-refractivity contribution in [3.63, 3.8) is 0 Å². The van der Waals surface area contributed by atoms with Crippen molar-refractivity contribution in [1.82, 2.24) is 14.5 Å². The minimum Gasteiger partial charge on any atom is -0.339 e. The molecule has 0 N–H and O–H groups in total. The van der Waals surface area contributed by atoms with Crippen LogP contribution in [0.3, 0.4) is 0 Å². The van der Waals surface area contributed by atoms with Gasteiger partial charge < -0.3 is 9.47 Å². The van der Waals surface area contributed by atoms with Gasteiger partial charge in [0.2, 0.25) is 0 Å². The Hall–Kier alpha value is -1.84. The van der Waals surface area contributed by atoms with E-state index in [-0.39, 0.29) is 5.91 Å². The molecule has 0 aliphatic heterocycles. The quantitative estimate of drug-likeness (QED) is 0.856. The zero-order valence-corrected chi connectivity index (χ0v) is 13.0. The Morgan fingerprint density at radius 1 is 1.30 bits per heavy atom. The molecule has 1 amide bonds. The molecule has 0 atom stereocenters. The number of carbonyl (C=O) groups excluding carboxylic acids is 1. The van der Waals surface area contributed by atoms with Crippen LogP contribution >= 0.6 is 0 Å². The summed E-state index contributed by atoms with van der Waals surface area (Å²) in [6.45, 7) is 11.7. The van der Waals surface area contributed by atoms with Gasteiger partial charge in [-0.2, -0.15) is 0 Å². The Labute approximate surface area is 120 Å². The van der Waals surface area contributed by atoms with Gasteiger partial charge in [-0.3, -0.25) is 4.79 Å². The fourth-order valence-corrected chi connectivity index (χ4v) is 2.70. The van der Waals surface area contributed by atoms with E-state index in [9.17, 15) is 4.79 Å². The third-order valence-corrected chi connectivity index (χ3v) is 3.68. The van der Waals surface area contributed by atoms with Gasteiger partial charge in [0.25, 0.3) is 5.91 Å². The number of imidazole rings is 1. The van der Waals surface area contributed by atoms with Gasteiger partial charge in [-0.05, 0) is 52.8 Å². The fourth-order valence-electron chi connectivity index (χ4n) is 2.70. The average Bonchev–Trinajstić information content (AvgIpc) is 2.74. The van der Waals surface area contributed by atoms with Crippen LogP contribution in [0, 0.1) is 6.92 Å². The number of benzene rings is 1. The summed E-state index contributed by atoms with van der Waals surface area (Å²) in [5, 5.41) is 0. The molecule has 2 aromatic rings. The first kappa shape index (κ1) is 14.6. The predicted octanol–water partition coefficient (Wildman–Crippen LogP) is 3.41. The van der Waals surface area contributed by atoms with Gasteiger partial charge >= 0.3 is 0 Å². The molecule has 0 unspecified atom stereocenters. The molecule has 2 rings (SSSR count). The van der Waals surface area contributed by atoms with Gasteiger partial charge in [0.15, 0.2) is 0 Å². The third kappa shape index (κ3) is 2.42. The van der Waals surface area contributed by atoms with Gasteiger partial charge in [-0.25, -0.2) is 4.98 Å². The van der Waals surface area contributed by atoms with Gasteiger partial charge in [0.05, 0.1) is 11.0 Å². The van der Waals surface area contributed by atoms with Crippen molar-refractivity contribution in [3.8, 4) is 0 Å². The first-order valence-corrected chi connectivity index (χ1v) is 7.27. The highest BCUT2D eigenvalue weighted by atomic mass is 16.2. The minimum absolute atomic E-state index is 0.0775. The Balaban J connectivity index is 2.48. The van der Waals surface area contributed by atoms with Crippen LogP contribution in [-0.4, -0.2) is 33.4 Å². The molecule has 20 heavy (non-hydrogen) atoms. The highest BCUT2D eigenvalue weighted by molar-refractivity contribution is 5.97. The fraction of sp³-hybridized carbons (Fsp3) is 0.500. The molecule has 0 fully saturated rings. The highest BCUT2D eigenvalue weighted by Gasteiger charge is 2.15. The topological polar surface area (TPSA) is 38.1 Å². The van der Waals surface area contributed by atoms with Crippen molar-refractivity contribution in [2.75, 3.05) is 13.1 Å². The van der Waals surface area contributed by atoms with Crippen molar-refractivity contribution in [3.05, 3.63) is 29.6 Å². The maximum Gasteiger partial charge on any atom is 0.253 e. The molecule has 108 valence electrons. The molecular formula is C16H23N3O. The van der Waals surface area contributed by atoms with Crippen LogP contribution in [0.1, 0.15) is 49.9 Å². The maximum atomic E-state index is 12.4. The molecule has 0 saturated carbocycles. The Bertz CT molecular complexity index is 624. The molecule has 0 aliphatic carbocycles. The van der Waals surface area contributed by atoms with Crippen LogP contribution in [0.4, 0.5) is 0 Å². The highest BCUT2D eigenvalue weighted by Crippen LogP contribution is 2.22. The second-order valence-corrected chi connectivity index (χ2v) is 5.30. The Morgan fingerprint density at radius 2 is 1.95 bits per heavy atom. The van der Waals surface area contributed by atoms with E-state index in [0.29, 0.717) is 6.04 Å². The zero-order valence-electron chi connectivity index (χ0n) is 13.0. The molecule has 1 aromatic carbocycles. The van der Waals surface area contributed by atoms with E-state index in [1.807, 2.05) is 43.9 Å². The minimum atomic E-state index is 0.0775. The summed E-state index contributed by atoms with van der Waals surface area (Å²) < 4.78 is 2.20. The summed E-state index contributed by atoms with van der Waals surface area (Å²) in [7, 11) is 0. The molecule has 4 heteroatoms. The molecule has 0 radical (unpaired) electrons. The molecular weight excluding hydrogens is 250 g/mol. The number of carbonyl (C=O) groups is 1. The number of hydrogen-bond acceptors (Lipinski definition) is 2. The van der Waals surface area contributed by atoms with E-state index >= 15 is 0 Å². The maximum absolute atomic E-state index is 12.4. The van der Waals surface area contributed by atoms with E-state index in [0.717, 1.165) is 35.5 Å². The summed E-state index contributed by atoms with van der Waals surface area (Å²) in [6.07, 6.45) is 0. The van der Waals surface area contributed by atoms with Crippen molar-refractivity contribution >= 4 is 16.9 Å².